The number of fused-ring (bicyclic) bond motifs is 14. The van der Waals surface area contributed by atoms with Gasteiger partial charge in [-0.1, -0.05) is 90.0 Å². The fourth-order valence-corrected chi connectivity index (χ4v) is 24.1. The van der Waals surface area contributed by atoms with Crippen molar-refractivity contribution in [2.75, 3.05) is 125 Å². The van der Waals surface area contributed by atoms with Crippen molar-refractivity contribution < 1.29 is 151 Å². The van der Waals surface area contributed by atoms with Gasteiger partial charge >= 0.3 is 31.3 Å². The molecule has 0 aromatic heterocycles. The van der Waals surface area contributed by atoms with E-state index in [1.807, 2.05) is 53.7 Å². The molecule has 2 saturated heterocycles. The number of nitrogens with two attached hydrogens (primary N) is 1. The average molecular weight is 1700 g/mol. The molecule has 9 aliphatic carbocycles. The van der Waals surface area contributed by atoms with E-state index in [-0.39, 0.29) is 138 Å². The van der Waals surface area contributed by atoms with E-state index < -0.39 is 139 Å². The maximum absolute atomic E-state index is 14.4. The number of aliphatic hydroxyl groups is 2. The summed E-state index contributed by atoms with van der Waals surface area (Å²) in [5.74, 6) is 3.60. The molecule has 8 fully saturated rings. The largest absolute Gasteiger partial charge is 0.481 e. The molecule has 0 bridgehead atoms. The Morgan fingerprint density at radius 3 is 1.39 bits per heavy atom. The van der Waals surface area contributed by atoms with Crippen LogP contribution in [0.4, 0.5) is 0 Å². The summed E-state index contributed by atoms with van der Waals surface area (Å²) in [7, 11) is -20.9. The number of rotatable bonds is 44. The molecule has 114 heavy (non-hydrogen) atoms. The Morgan fingerprint density at radius 2 is 0.965 bits per heavy atom. The molecule has 0 radical (unpaired) electrons. The number of hydrogen-bond acceptors (Lipinski definition) is 29. The smallest absolute Gasteiger partial charge is 0.393 e. The van der Waals surface area contributed by atoms with Crippen molar-refractivity contribution in [3.05, 3.63) is 47.6 Å². The Balaban J connectivity index is 0.000000247. The number of ketones is 4. The van der Waals surface area contributed by atoms with Gasteiger partial charge in [0.2, 0.25) is 5.91 Å². The number of carbonyl (C=O) groups excluding carboxylic acids is 5. The summed E-state index contributed by atoms with van der Waals surface area (Å²) in [6.07, 6.45) is 16.7. The second-order valence-electron chi connectivity index (χ2n) is 31.9. The van der Waals surface area contributed by atoms with Crippen LogP contribution in [-0.4, -0.2) is 239 Å². The van der Waals surface area contributed by atoms with E-state index in [9.17, 15) is 72.0 Å². The van der Waals surface area contributed by atoms with Crippen LogP contribution in [0, 0.1) is 69.0 Å². The van der Waals surface area contributed by atoms with E-state index in [1.54, 1.807) is 24.3 Å². The van der Waals surface area contributed by atoms with Gasteiger partial charge < -0.3 is 92.9 Å². The number of Topliss-reactive ketones (excluding diaryl/α,β-unsaturated/α-hetero) is 2. The first-order valence-electron chi connectivity index (χ1n) is 40.0. The van der Waals surface area contributed by atoms with E-state index in [2.05, 4.69) is 25.8 Å². The second kappa shape index (κ2) is 40.5. The first-order valence-corrected chi connectivity index (χ1v) is 46.0. The third-order valence-electron chi connectivity index (χ3n) is 24.8. The topological polar surface area (TPSA) is 470 Å². The van der Waals surface area contributed by atoms with Crippen molar-refractivity contribution in [1.29, 1.82) is 0 Å². The van der Waals surface area contributed by atoms with Crippen LogP contribution in [0.1, 0.15) is 151 Å². The van der Waals surface area contributed by atoms with Gasteiger partial charge in [-0.25, -0.2) is 18.3 Å². The minimum atomic E-state index is -5.35. The summed E-state index contributed by atoms with van der Waals surface area (Å²) < 4.78 is 143. The first-order chi connectivity index (χ1) is 54.2. The van der Waals surface area contributed by atoms with Gasteiger partial charge in [-0.05, 0) is 131 Å². The maximum atomic E-state index is 14.4. The zero-order valence-electron chi connectivity index (χ0n) is 66.1. The summed E-state index contributed by atoms with van der Waals surface area (Å²) >= 11 is 0. The number of phosphoric ester groups is 4. The summed E-state index contributed by atoms with van der Waals surface area (Å²) in [6, 6.07) is 0. The van der Waals surface area contributed by atoms with Crippen LogP contribution in [0.25, 0.3) is 0 Å². The predicted octanol–water partition coefficient (Wildman–Crippen LogP) is 7.48. The molecule has 6 saturated carbocycles. The van der Waals surface area contributed by atoms with Crippen LogP contribution in [0.5, 0.6) is 0 Å². The molecule has 2 heterocycles. The van der Waals surface area contributed by atoms with Crippen molar-refractivity contribution in [2.45, 2.75) is 205 Å². The average Bonchev–Trinajstić information content (AvgIpc) is 1.50. The summed E-state index contributed by atoms with van der Waals surface area (Å²) in [5.41, 5.74) is 1.05. The molecule has 38 heteroatoms. The highest BCUT2D eigenvalue weighted by Gasteiger charge is 2.78. The third kappa shape index (κ3) is 21.7. The number of aliphatic hydroxyl groups excluding tert-OH is 2. The fourth-order valence-electron chi connectivity index (χ4n) is 20.0. The Labute approximate surface area is 666 Å². The Morgan fingerprint density at radius 1 is 0.553 bits per heavy atom. The van der Waals surface area contributed by atoms with Gasteiger partial charge in [0.15, 0.2) is 46.9 Å². The molecule has 1 amide bonds. The van der Waals surface area contributed by atoms with E-state index >= 15 is 0 Å². The van der Waals surface area contributed by atoms with Gasteiger partial charge in [-0.2, -0.15) is 8.62 Å². The Hall–Kier alpha value is -3.37. The molecule has 0 spiro atoms. The number of ether oxygens (including phenoxy) is 11. The monoisotopic (exact) mass is 1690 g/mol. The number of hydrogen-bond donors (Lipinski definition) is 8. The van der Waals surface area contributed by atoms with Gasteiger partial charge in [-0.15, -0.1) is 5.92 Å². The lowest BCUT2D eigenvalue weighted by Gasteiger charge is -2.59. The lowest BCUT2D eigenvalue weighted by atomic mass is 9.46. The quantitative estimate of drug-likeness (QED) is 0.0166. The number of allylic oxidation sites excluding steroid dienone is 8. The van der Waals surface area contributed by atoms with Gasteiger partial charge in [0.1, 0.15) is 25.9 Å². The Kier molecular flexibility index (Phi) is 33.0. The minimum Gasteiger partial charge on any atom is -0.393 e. The predicted molar refractivity (Wildman–Crippen MR) is 404 cm³/mol. The number of carbonyl (C=O) groups is 5. The molecule has 23 atom stereocenters. The SMILES string of the molecule is CCCC1O[C@@H]2C[C@H]3[C@@H]4CCC5=CC(=O)C=C[C@]5(C)[C@H]4[C@@H](O)C[C@]3(C)[C@]2(C(=O)COP(=O)(O)OP(=O)(O)OCCOCCOCCOCCN)O1.CCCC1O[C@@H]2C[C@H]3[C@@H]4CCC5=CC(=O)C=C[C@]5(C)[C@H]4[C@@H](O)C[C@]3(C)[C@]2(C(=O)COP(=O)(O)OP(=O)(O)OCCOCCOCCOCCNC(=O)COC2C#CCCCCC2)O1. The highest BCUT2D eigenvalue weighted by atomic mass is 31.3. The van der Waals surface area contributed by atoms with Crippen LogP contribution >= 0.6 is 31.3 Å². The third-order valence-corrected chi connectivity index (χ3v) is 30.0. The number of phosphoric acid groups is 4. The molecule has 11 rings (SSSR count). The van der Waals surface area contributed by atoms with Crippen LogP contribution in [-0.2, 0) is 121 Å². The first kappa shape index (κ1) is 92.9. The molecule has 9 N–H and O–H groups in total. The number of nitrogens with one attached hydrogen (secondary N) is 1. The van der Waals surface area contributed by atoms with Crippen LogP contribution < -0.4 is 11.1 Å². The van der Waals surface area contributed by atoms with E-state index in [0.29, 0.717) is 97.1 Å². The zero-order chi connectivity index (χ0) is 82.4. The highest BCUT2D eigenvalue weighted by Crippen LogP contribution is 2.73. The summed E-state index contributed by atoms with van der Waals surface area (Å²) in [5, 5.41) is 26.5. The van der Waals surface area contributed by atoms with Gasteiger partial charge in [0, 0.05) is 53.0 Å². The molecule has 7 unspecified atom stereocenters. The summed E-state index contributed by atoms with van der Waals surface area (Å²) in [6.45, 7) is 11.9. The number of amides is 1. The van der Waals surface area contributed by atoms with Crippen LogP contribution in [0.3, 0.4) is 0 Å². The van der Waals surface area contributed by atoms with E-state index in [0.717, 1.165) is 43.3 Å². The Bertz CT molecular complexity index is 3740. The second-order valence-corrected chi connectivity index (χ2v) is 38.0. The van der Waals surface area contributed by atoms with Crippen LogP contribution in [0.2, 0.25) is 0 Å². The lowest BCUT2D eigenvalue weighted by molar-refractivity contribution is -0.200. The van der Waals surface area contributed by atoms with E-state index in [4.69, 9.17) is 75.9 Å². The lowest BCUT2D eigenvalue weighted by Crippen LogP contribution is -2.63. The van der Waals surface area contributed by atoms with Gasteiger partial charge in [0.05, 0.1) is 117 Å². The molecule has 34 nitrogen and oxygen atoms in total. The molecular formula is C76H118N2O32P4. The van der Waals surface area contributed by atoms with Gasteiger partial charge in [0.25, 0.3) is 0 Å². The zero-order valence-corrected chi connectivity index (χ0v) is 69.7. The molecule has 0 aromatic carbocycles. The van der Waals surface area contributed by atoms with Gasteiger partial charge in [-0.3, -0.25) is 42.1 Å². The van der Waals surface area contributed by atoms with Crippen molar-refractivity contribution >= 4 is 60.3 Å². The molecule has 11 aliphatic rings. The van der Waals surface area contributed by atoms with Crippen molar-refractivity contribution in [3.8, 4) is 11.8 Å². The molecule has 644 valence electrons. The fraction of sp³-hybridized carbons (Fsp3) is 0.803. The highest BCUT2D eigenvalue weighted by molar-refractivity contribution is 7.61. The maximum Gasteiger partial charge on any atom is 0.481 e. The normalized spacial score (nSPS) is 36.4. The van der Waals surface area contributed by atoms with Crippen LogP contribution in [0.15, 0.2) is 47.6 Å². The van der Waals surface area contributed by atoms with E-state index in [1.165, 1.54) is 0 Å². The molecule has 0 aromatic rings. The minimum absolute atomic E-state index is 0.0333. The van der Waals surface area contributed by atoms with Crippen molar-refractivity contribution in [1.82, 2.24) is 5.32 Å². The molecular weight excluding hydrogens is 1580 g/mol. The summed E-state index contributed by atoms with van der Waals surface area (Å²) in [4.78, 5) is 106. The van der Waals surface area contributed by atoms with Crippen molar-refractivity contribution in [2.24, 2.45) is 62.9 Å². The standard InChI is InChI=1S/C43H65NO17P2.C33H53NO15P2/c1-4-10-39-59-37-26-34-33-14-13-30-25-31(45)15-16-41(30,2)40(33)35(46)27-42(34,3)43(37,60-39)36(47)28-58-63(51,52)61-62(49,50)57-24-23-55-22-21-54-20-19-53-18-17-44-38(48)29-56-32-11-8-6-5-7-9-12-32;1-4-5-29-47-28-19-25-24-7-6-22-18-23(35)8-9-31(22,2)30(24)26(36)20-32(25,3)33(28,48-29)27(37)21-46-51(40,41)49-50(38,39)45-17-16-44-15-14-43-13-12-42-11-10-34/h15-16,25,32-35,37,39-40,46H,4-8,10-11,13-14,17-24,26-29H2,1-3H3,(H,44,48)(H,49,50)(H,51,52);8-9,18,24-26,28-30,36H,4-7,10-17,19-21,34H2,1-3H3,(H,38,39)(H,40,41)/t32?,33-,34-,35-,37+,39?,40+,41-,42-,43+;24-,25-,26-,28+,29?,30+,31-,32-,33+/m00/s1. The molecule has 2 aliphatic heterocycles. The van der Waals surface area contributed by atoms with Crippen molar-refractivity contribution in [3.63, 3.8) is 0 Å².